The number of sulfonamides is 1. The topological polar surface area (TPSA) is 78.1 Å². The Hall–Kier alpha value is -0.920. The fourth-order valence-corrected chi connectivity index (χ4v) is 3.62. The van der Waals surface area contributed by atoms with Gasteiger partial charge in [-0.2, -0.15) is 4.31 Å². The van der Waals surface area contributed by atoms with Crippen molar-refractivity contribution in [2.45, 2.75) is 24.6 Å². The fraction of sp³-hybridized carbons (Fsp3) is 0.700. The smallest absolute Gasteiger partial charge is 0.218 e. The molecule has 0 bridgehead atoms. The van der Waals surface area contributed by atoms with Crippen LogP contribution in [-0.2, 0) is 16.6 Å². The number of nitrogens with one attached hydrogen (secondary N) is 2. The van der Waals surface area contributed by atoms with E-state index >= 15 is 0 Å². The Kier molecular flexibility index (Phi) is 3.80. The summed E-state index contributed by atoms with van der Waals surface area (Å²) in [5, 5.41) is 2.82. The molecule has 17 heavy (non-hydrogen) atoms. The van der Waals surface area contributed by atoms with Gasteiger partial charge in [0.05, 0.1) is 11.8 Å². The summed E-state index contributed by atoms with van der Waals surface area (Å²) in [4.78, 5) is 6.95. The van der Waals surface area contributed by atoms with Crippen molar-refractivity contribution in [1.29, 1.82) is 0 Å². The van der Waals surface area contributed by atoms with Crippen LogP contribution in [0.15, 0.2) is 12.4 Å². The van der Waals surface area contributed by atoms with E-state index in [9.17, 15) is 8.42 Å². The number of H-pyrrole nitrogens is 1. The normalized spacial score (nSPS) is 21.9. The predicted molar refractivity (Wildman–Crippen MR) is 64.9 cm³/mol. The van der Waals surface area contributed by atoms with Crippen molar-refractivity contribution in [3.8, 4) is 0 Å². The van der Waals surface area contributed by atoms with Gasteiger partial charge in [-0.05, 0) is 19.4 Å². The van der Waals surface area contributed by atoms with E-state index in [1.54, 1.807) is 19.4 Å². The maximum absolute atomic E-state index is 12.3. The highest BCUT2D eigenvalue weighted by Crippen LogP contribution is 2.16. The minimum atomic E-state index is -3.23. The molecule has 1 aromatic rings. The molecule has 1 aliphatic rings. The van der Waals surface area contributed by atoms with Gasteiger partial charge in [-0.15, -0.1) is 0 Å². The minimum Gasteiger partial charge on any atom is -0.347 e. The number of nitrogens with zero attached hydrogens (tertiary/aromatic N) is 2. The molecule has 6 nitrogen and oxygen atoms in total. The number of aromatic amines is 1. The molecule has 1 unspecified atom stereocenters. The summed E-state index contributed by atoms with van der Waals surface area (Å²) in [6.07, 6.45) is 4.96. The average molecular weight is 258 g/mol. The van der Waals surface area contributed by atoms with Crippen molar-refractivity contribution in [2.75, 3.05) is 20.1 Å². The molecule has 0 radical (unpaired) electrons. The first-order valence-electron chi connectivity index (χ1n) is 5.75. The van der Waals surface area contributed by atoms with Crippen LogP contribution in [0.3, 0.4) is 0 Å². The molecule has 1 saturated heterocycles. The number of rotatable bonds is 4. The highest BCUT2D eigenvalue weighted by molar-refractivity contribution is 7.89. The Balaban J connectivity index is 2.03. The highest BCUT2D eigenvalue weighted by Gasteiger charge is 2.31. The summed E-state index contributed by atoms with van der Waals surface area (Å²) in [6, 6.07) is 0. The molecule has 7 heteroatoms. The third kappa shape index (κ3) is 2.85. The zero-order chi connectivity index (χ0) is 12.3. The first-order chi connectivity index (χ1) is 8.10. The molecule has 2 N–H and O–H groups in total. The highest BCUT2D eigenvalue weighted by atomic mass is 32.2. The van der Waals surface area contributed by atoms with E-state index in [0.29, 0.717) is 18.9 Å². The Bertz CT molecular complexity index is 437. The fourth-order valence-electron chi connectivity index (χ4n) is 2.01. The largest absolute Gasteiger partial charge is 0.347 e. The molecule has 96 valence electrons. The van der Waals surface area contributed by atoms with Crippen molar-refractivity contribution < 1.29 is 8.42 Å². The number of hydrogen-bond donors (Lipinski definition) is 2. The van der Waals surface area contributed by atoms with Crippen LogP contribution in [0.25, 0.3) is 0 Å². The summed E-state index contributed by atoms with van der Waals surface area (Å²) in [6.45, 7) is 1.75. The minimum absolute atomic E-state index is 0.297. The lowest BCUT2D eigenvalue weighted by molar-refractivity contribution is 0.424. The zero-order valence-electron chi connectivity index (χ0n) is 9.89. The van der Waals surface area contributed by atoms with E-state index in [0.717, 1.165) is 19.4 Å². The molecule has 1 aromatic heterocycles. The average Bonchev–Trinajstić information content (AvgIpc) is 2.83. The van der Waals surface area contributed by atoms with Gasteiger partial charge in [0, 0.05) is 26.0 Å². The zero-order valence-corrected chi connectivity index (χ0v) is 10.7. The molecule has 0 aromatic carbocycles. The predicted octanol–water partition coefficient (Wildman–Crippen LogP) is -0.0767. The standard InChI is InChI=1S/C10H18N4O2S/c1-14(8-10-12-5-6-13-10)17(15,16)9-3-2-4-11-7-9/h5-6,9,11H,2-4,7-8H2,1H3,(H,12,13). The van der Waals surface area contributed by atoms with Gasteiger partial charge in [-0.25, -0.2) is 13.4 Å². The van der Waals surface area contributed by atoms with Crippen LogP contribution >= 0.6 is 0 Å². The summed E-state index contributed by atoms with van der Waals surface area (Å²) >= 11 is 0. The Morgan fingerprint density at radius 3 is 3.00 bits per heavy atom. The first-order valence-corrected chi connectivity index (χ1v) is 7.25. The maximum Gasteiger partial charge on any atom is 0.218 e. The van der Waals surface area contributed by atoms with Crippen molar-refractivity contribution in [2.24, 2.45) is 0 Å². The van der Waals surface area contributed by atoms with Gasteiger partial charge in [-0.3, -0.25) is 0 Å². The van der Waals surface area contributed by atoms with Crippen molar-refractivity contribution in [1.82, 2.24) is 19.6 Å². The van der Waals surface area contributed by atoms with Crippen LogP contribution < -0.4 is 5.32 Å². The number of imidazole rings is 1. The monoisotopic (exact) mass is 258 g/mol. The van der Waals surface area contributed by atoms with Crippen molar-refractivity contribution >= 4 is 10.0 Å². The lowest BCUT2D eigenvalue weighted by atomic mass is 10.2. The molecule has 0 amide bonds. The van der Waals surface area contributed by atoms with Gasteiger partial charge >= 0.3 is 0 Å². The van der Waals surface area contributed by atoms with Crippen LogP contribution in [0.1, 0.15) is 18.7 Å². The maximum atomic E-state index is 12.3. The van der Waals surface area contributed by atoms with Gasteiger partial charge in [0.1, 0.15) is 5.82 Å². The van der Waals surface area contributed by atoms with Crippen LogP contribution in [0, 0.1) is 0 Å². The second-order valence-electron chi connectivity index (χ2n) is 4.31. The van der Waals surface area contributed by atoms with Crippen LogP contribution in [0.2, 0.25) is 0 Å². The van der Waals surface area contributed by atoms with Crippen LogP contribution in [0.5, 0.6) is 0 Å². The third-order valence-corrected chi connectivity index (χ3v) is 5.28. The Labute approximate surface area is 101 Å². The molecular weight excluding hydrogens is 240 g/mol. The van der Waals surface area contributed by atoms with Gasteiger partial charge in [0.25, 0.3) is 0 Å². The molecule has 1 fully saturated rings. The van der Waals surface area contributed by atoms with E-state index in [4.69, 9.17) is 0 Å². The Morgan fingerprint density at radius 1 is 1.59 bits per heavy atom. The second-order valence-corrected chi connectivity index (χ2v) is 6.63. The molecule has 2 rings (SSSR count). The quantitative estimate of drug-likeness (QED) is 0.792. The van der Waals surface area contributed by atoms with E-state index in [2.05, 4.69) is 15.3 Å². The Morgan fingerprint density at radius 2 is 2.41 bits per heavy atom. The van der Waals surface area contributed by atoms with Gasteiger partial charge in [0.15, 0.2) is 0 Å². The van der Waals surface area contributed by atoms with Crippen molar-refractivity contribution in [3.05, 3.63) is 18.2 Å². The molecule has 0 saturated carbocycles. The van der Waals surface area contributed by atoms with Crippen LogP contribution in [0.4, 0.5) is 0 Å². The SMILES string of the molecule is CN(Cc1ncc[nH]1)S(=O)(=O)C1CCCNC1. The summed E-state index contributed by atoms with van der Waals surface area (Å²) in [5.41, 5.74) is 0. The first kappa shape index (κ1) is 12.5. The second kappa shape index (κ2) is 5.16. The number of piperidine rings is 1. The number of hydrogen-bond acceptors (Lipinski definition) is 4. The molecule has 1 atom stereocenters. The van der Waals surface area contributed by atoms with Crippen LogP contribution in [-0.4, -0.2) is 48.1 Å². The molecule has 2 heterocycles. The summed E-state index contributed by atoms with van der Waals surface area (Å²) in [7, 11) is -1.62. The summed E-state index contributed by atoms with van der Waals surface area (Å²) in [5.74, 6) is 0.667. The van der Waals surface area contributed by atoms with E-state index in [1.807, 2.05) is 0 Å². The van der Waals surface area contributed by atoms with E-state index in [-0.39, 0.29) is 5.25 Å². The van der Waals surface area contributed by atoms with Gasteiger partial charge < -0.3 is 10.3 Å². The summed E-state index contributed by atoms with van der Waals surface area (Å²) < 4.78 is 25.9. The molecular formula is C10H18N4O2S. The van der Waals surface area contributed by atoms with Gasteiger partial charge in [-0.1, -0.05) is 0 Å². The number of aromatic nitrogens is 2. The molecule has 0 aliphatic carbocycles. The molecule has 1 aliphatic heterocycles. The van der Waals surface area contributed by atoms with E-state index < -0.39 is 10.0 Å². The lowest BCUT2D eigenvalue weighted by Crippen LogP contribution is -2.44. The van der Waals surface area contributed by atoms with E-state index in [1.165, 1.54) is 4.31 Å². The van der Waals surface area contributed by atoms with Gasteiger partial charge in [0.2, 0.25) is 10.0 Å². The van der Waals surface area contributed by atoms with Crippen molar-refractivity contribution in [3.63, 3.8) is 0 Å². The third-order valence-electron chi connectivity index (χ3n) is 3.03. The molecule has 0 spiro atoms. The lowest BCUT2D eigenvalue weighted by Gasteiger charge is -2.27.